The second-order valence-electron chi connectivity index (χ2n) is 3.92. The van der Waals surface area contributed by atoms with Crippen molar-refractivity contribution in [1.82, 2.24) is 4.90 Å². The van der Waals surface area contributed by atoms with Crippen LogP contribution in [0.1, 0.15) is 5.56 Å². The summed E-state index contributed by atoms with van der Waals surface area (Å²) in [5.74, 6) is -1.66. The first kappa shape index (κ1) is 13.9. The third kappa shape index (κ3) is 4.38. The number of nitrogens with zero attached hydrogens (tertiary/aromatic N) is 1. The molecular weight excluding hydrogens is 239 g/mol. The Kier molecular flexibility index (Phi) is 4.61. The van der Waals surface area contributed by atoms with E-state index in [-0.39, 0.29) is 19.6 Å². The maximum atomic E-state index is 13.1. The molecule has 6 N–H and O–H groups in total. The number of benzene rings is 1. The van der Waals surface area contributed by atoms with Gasteiger partial charge in [-0.3, -0.25) is 14.5 Å². The zero-order valence-electron chi connectivity index (χ0n) is 9.73. The van der Waals surface area contributed by atoms with Gasteiger partial charge in [0.05, 0.1) is 13.1 Å². The molecule has 0 aromatic heterocycles. The highest BCUT2D eigenvalue weighted by Crippen LogP contribution is 2.15. The molecule has 1 rings (SSSR count). The first-order valence-electron chi connectivity index (χ1n) is 5.21. The number of anilines is 1. The Bertz CT molecular complexity index is 448. The van der Waals surface area contributed by atoms with Gasteiger partial charge in [-0.1, -0.05) is 0 Å². The van der Waals surface area contributed by atoms with Gasteiger partial charge in [-0.2, -0.15) is 0 Å². The van der Waals surface area contributed by atoms with Crippen molar-refractivity contribution in [2.45, 2.75) is 6.54 Å². The molecular formula is C11H15FN4O2. The van der Waals surface area contributed by atoms with Crippen LogP contribution in [0.4, 0.5) is 10.1 Å². The van der Waals surface area contributed by atoms with E-state index >= 15 is 0 Å². The fourth-order valence-corrected chi connectivity index (χ4v) is 1.56. The molecule has 1 aromatic rings. The lowest BCUT2D eigenvalue weighted by molar-refractivity contribution is -0.122. The van der Waals surface area contributed by atoms with Crippen LogP contribution in [0.25, 0.3) is 0 Å². The Morgan fingerprint density at radius 2 is 1.72 bits per heavy atom. The summed E-state index contributed by atoms with van der Waals surface area (Å²) in [6.07, 6.45) is 0. The molecule has 0 radical (unpaired) electrons. The molecule has 18 heavy (non-hydrogen) atoms. The third-order valence-electron chi connectivity index (χ3n) is 2.26. The fraction of sp³-hybridized carbons (Fsp3) is 0.273. The second-order valence-corrected chi connectivity index (χ2v) is 3.92. The van der Waals surface area contributed by atoms with Crippen LogP contribution in [0.5, 0.6) is 0 Å². The molecule has 0 aliphatic heterocycles. The topological polar surface area (TPSA) is 115 Å². The summed E-state index contributed by atoms with van der Waals surface area (Å²) < 4.78 is 13.1. The lowest BCUT2D eigenvalue weighted by Crippen LogP contribution is -2.39. The molecule has 0 heterocycles. The Morgan fingerprint density at radius 1 is 1.17 bits per heavy atom. The van der Waals surface area contributed by atoms with Gasteiger partial charge in [0, 0.05) is 12.2 Å². The lowest BCUT2D eigenvalue weighted by atomic mass is 10.1. The van der Waals surface area contributed by atoms with E-state index in [9.17, 15) is 14.0 Å². The quantitative estimate of drug-likeness (QED) is 0.575. The van der Waals surface area contributed by atoms with Gasteiger partial charge >= 0.3 is 0 Å². The molecule has 0 aliphatic carbocycles. The molecule has 1 aromatic carbocycles. The summed E-state index contributed by atoms with van der Waals surface area (Å²) in [7, 11) is 0. The van der Waals surface area contributed by atoms with Gasteiger partial charge in [0.1, 0.15) is 5.82 Å². The Labute approximate surface area is 104 Å². The van der Waals surface area contributed by atoms with Crippen molar-refractivity contribution < 1.29 is 14.0 Å². The lowest BCUT2D eigenvalue weighted by Gasteiger charge is -2.19. The van der Waals surface area contributed by atoms with E-state index in [0.717, 1.165) is 0 Å². The van der Waals surface area contributed by atoms with Crippen LogP contribution in [-0.2, 0) is 16.1 Å². The van der Waals surface area contributed by atoms with Crippen molar-refractivity contribution in [3.63, 3.8) is 0 Å². The molecule has 6 nitrogen and oxygen atoms in total. The molecule has 0 aliphatic rings. The summed E-state index contributed by atoms with van der Waals surface area (Å²) in [5.41, 5.74) is 16.6. The van der Waals surface area contributed by atoms with Crippen LogP contribution < -0.4 is 17.2 Å². The van der Waals surface area contributed by atoms with Crippen LogP contribution in [0, 0.1) is 5.82 Å². The average Bonchev–Trinajstić information content (AvgIpc) is 2.21. The Hall–Kier alpha value is -2.15. The Balaban J connectivity index is 2.84. The zero-order chi connectivity index (χ0) is 13.7. The summed E-state index contributed by atoms with van der Waals surface area (Å²) in [4.78, 5) is 23.1. The Morgan fingerprint density at radius 3 is 2.22 bits per heavy atom. The van der Waals surface area contributed by atoms with Crippen molar-refractivity contribution in [2.24, 2.45) is 11.5 Å². The van der Waals surface area contributed by atoms with Crippen molar-refractivity contribution in [1.29, 1.82) is 0 Å². The molecule has 0 saturated heterocycles. The minimum absolute atomic E-state index is 0.121. The molecule has 0 spiro atoms. The second kappa shape index (κ2) is 5.97. The normalized spacial score (nSPS) is 10.6. The highest BCUT2D eigenvalue weighted by Gasteiger charge is 2.13. The van der Waals surface area contributed by atoms with Crippen LogP contribution in [-0.4, -0.2) is 29.8 Å². The minimum Gasteiger partial charge on any atom is -0.398 e. The number of carbonyl (C=O) groups excluding carboxylic acids is 2. The minimum atomic E-state index is -0.605. The highest BCUT2D eigenvalue weighted by atomic mass is 19.1. The number of carbonyl (C=O) groups is 2. The number of amides is 2. The SMILES string of the molecule is NC(=O)CN(CC(N)=O)Cc1cc(F)ccc1N. The van der Waals surface area contributed by atoms with Crippen LogP contribution >= 0.6 is 0 Å². The molecule has 2 amide bonds. The number of hydrogen-bond acceptors (Lipinski definition) is 4. The number of nitrogen functional groups attached to an aromatic ring is 1. The first-order chi connectivity index (χ1) is 8.38. The van der Waals surface area contributed by atoms with E-state index in [1.165, 1.54) is 23.1 Å². The monoisotopic (exact) mass is 254 g/mol. The highest BCUT2D eigenvalue weighted by molar-refractivity contribution is 5.79. The predicted octanol–water partition coefficient (Wildman–Crippen LogP) is -0.819. The van der Waals surface area contributed by atoms with E-state index in [1.54, 1.807) is 0 Å². The predicted molar refractivity (Wildman–Crippen MR) is 64.5 cm³/mol. The van der Waals surface area contributed by atoms with Crippen molar-refractivity contribution in [3.05, 3.63) is 29.6 Å². The number of primary amides is 2. The number of halogens is 1. The fourth-order valence-electron chi connectivity index (χ4n) is 1.56. The van der Waals surface area contributed by atoms with Crippen LogP contribution in [0.3, 0.4) is 0 Å². The van der Waals surface area contributed by atoms with Gasteiger partial charge in [-0.15, -0.1) is 0 Å². The van der Waals surface area contributed by atoms with Gasteiger partial charge in [-0.05, 0) is 23.8 Å². The summed E-state index contributed by atoms with van der Waals surface area (Å²) >= 11 is 0. The maximum Gasteiger partial charge on any atom is 0.231 e. The number of nitrogens with two attached hydrogens (primary N) is 3. The number of rotatable bonds is 6. The molecule has 98 valence electrons. The third-order valence-corrected chi connectivity index (χ3v) is 2.26. The molecule has 0 atom stereocenters. The molecule has 0 unspecified atom stereocenters. The summed E-state index contributed by atoms with van der Waals surface area (Å²) in [6, 6.07) is 3.88. The van der Waals surface area contributed by atoms with Crippen LogP contribution in [0.15, 0.2) is 18.2 Å². The van der Waals surface area contributed by atoms with E-state index in [2.05, 4.69) is 0 Å². The van der Waals surface area contributed by atoms with Gasteiger partial charge in [0.15, 0.2) is 0 Å². The molecule has 0 saturated carbocycles. The van der Waals surface area contributed by atoms with Crippen molar-refractivity contribution in [3.8, 4) is 0 Å². The largest absolute Gasteiger partial charge is 0.398 e. The molecule has 0 bridgehead atoms. The smallest absolute Gasteiger partial charge is 0.231 e. The molecule has 7 heteroatoms. The van der Waals surface area contributed by atoms with Gasteiger partial charge in [0.2, 0.25) is 11.8 Å². The average molecular weight is 254 g/mol. The van der Waals surface area contributed by atoms with Crippen molar-refractivity contribution >= 4 is 17.5 Å². The molecule has 0 fully saturated rings. The van der Waals surface area contributed by atoms with Gasteiger partial charge in [-0.25, -0.2) is 4.39 Å². The van der Waals surface area contributed by atoms with E-state index in [4.69, 9.17) is 17.2 Å². The summed E-state index contributed by atoms with van der Waals surface area (Å²) in [6.45, 7) is -0.187. The van der Waals surface area contributed by atoms with Crippen molar-refractivity contribution in [2.75, 3.05) is 18.8 Å². The van der Waals surface area contributed by atoms with E-state index in [0.29, 0.717) is 11.3 Å². The van der Waals surface area contributed by atoms with Gasteiger partial charge in [0.25, 0.3) is 0 Å². The van der Waals surface area contributed by atoms with E-state index in [1.807, 2.05) is 0 Å². The summed E-state index contributed by atoms with van der Waals surface area (Å²) in [5, 5.41) is 0. The maximum absolute atomic E-state index is 13.1. The number of hydrogen-bond donors (Lipinski definition) is 3. The van der Waals surface area contributed by atoms with Crippen LogP contribution in [0.2, 0.25) is 0 Å². The van der Waals surface area contributed by atoms with E-state index < -0.39 is 17.6 Å². The standard InChI is InChI=1S/C11H15FN4O2/c12-8-1-2-9(13)7(3-8)4-16(5-10(14)17)6-11(15)18/h1-3H,4-6,13H2,(H2,14,17)(H2,15,18). The zero-order valence-corrected chi connectivity index (χ0v) is 9.73. The first-order valence-corrected chi connectivity index (χ1v) is 5.21. The van der Waals surface area contributed by atoms with Gasteiger partial charge < -0.3 is 17.2 Å².